The number of amides is 1. The Bertz CT molecular complexity index is 576. The van der Waals surface area contributed by atoms with E-state index in [1.165, 1.54) is 0 Å². The highest BCUT2D eigenvalue weighted by Gasteiger charge is 2.44. The zero-order valence-corrected chi connectivity index (χ0v) is 15.4. The first kappa shape index (κ1) is 18.4. The topological polar surface area (TPSA) is 53.0 Å². The van der Waals surface area contributed by atoms with Crippen LogP contribution in [0.25, 0.3) is 0 Å². The van der Waals surface area contributed by atoms with E-state index in [1.807, 2.05) is 44.3 Å². The minimum Gasteiger partial charge on any atom is -0.390 e. The van der Waals surface area contributed by atoms with Crippen LogP contribution < -0.4 is 0 Å². The number of nitrogens with zero attached hydrogens (tertiary/aromatic N) is 2. The largest absolute Gasteiger partial charge is 0.390 e. The van der Waals surface area contributed by atoms with Crippen molar-refractivity contribution in [1.29, 1.82) is 0 Å². The van der Waals surface area contributed by atoms with Crippen LogP contribution in [0.1, 0.15) is 31.7 Å². The molecule has 138 valence electrons. The van der Waals surface area contributed by atoms with Crippen LogP contribution in [0, 0.1) is 5.92 Å². The predicted molar refractivity (Wildman–Crippen MR) is 97.1 cm³/mol. The Balaban J connectivity index is 1.60. The molecule has 5 heteroatoms. The Hall–Kier alpha value is -1.43. The Morgan fingerprint density at radius 3 is 2.88 bits per heavy atom. The quantitative estimate of drug-likeness (QED) is 0.885. The Morgan fingerprint density at radius 1 is 1.40 bits per heavy atom. The summed E-state index contributed by atoms with van der Waals surface area (Å²) in [6, 6.07) is 10.3. The molecule has 0 aliphatic carbocycles. The molecule has 0 bridgehead atoms. The number of likely N-dealkylation sites (tertiary alicyclic amines) is 1. The molecule has 2 aliphatic rings. The first-order valence-corrected chi connectivity index (χ1v) is 9.29. The monoisotopic (exact) mass is 346 g/mol. The number of rotatable bonds is 5. The van der Waals surface area contributed by atoms with Gasteiger partial charge in [-0.3, -0.25) is 9.69 Å². The molecule has 1 N–H and O–H groups in total. The summed E-state index contributed by atoms with van der Waals surface area (Å²) >= 11 is 0. The molecule has 3 atom stereocenters. The summed E-state index contributed by atoms with van der Waals surface area (Å²) in [5, 5.41) is 10.7. The van der Waals surface area contributed by atoms with E-state index in [4.69, 9.17) is 4.74 Å². The van der Waals surface area contributed by atoms with E-state index >= 15 is 0 Å². The molecular weight excluding hydrogens is 316 g/mol. The zero-order valence-electron chi connectivity index (χ0n) is 15.4. The van der Waals surface area contributed by atoms with Crippen molar-refractivity contribution in [3.63, 3.8) is 0 Å². The number of carbonyl (C=O) groups excluding carboxylic acids is 1. The highest BCUT2D eigenvalue weighted by molar-refractivity contribution is 5.78. The van der Waals surface area contributed by atoms with Gasteiger partial charge >= 0.3 is 0 Å². The average molecular weight is 346 g/mol. The van der Waals surface area contributed by atoms with Crippen LogP contribution in [0.2, 0.25) is 0 Å². The summed E-state index contributed by atoms with van der Waals surface area (Å²) in [6.07, 6.45) is 2.77. The first-order chi connectivity index (χ1) is 12.0. The van der Waals surface area contributed by atoms with Gasteiger partial charge in [0.05, 0.1) is 18.8 Å². The molecule has 25 heavy (non-hydrogen) atoms. The van der Waals surface area contributed by atoms with Crippen LogP contribution in [0.5, 0.6) is 0 Å². The SMILES string of the molecule is CN(Cc1ccccc1)C(=O)CN1CCC[C@@H]1[C@H]1COCC[C@]1(C)O. The molecule has 2 heterocycles. The lowest BCUT2D eigenvalue weighted by atomic mass is 9.79. The highest BCUT2D eigenvalue weighted by Crippen LogP contribution is 2.35. The van der Waals surface area contributed by atoms with E-state index in [0.29, 0.717) is 32.7 Å². The number of benzene rings is 1. The maximum atomic E-state index is 12.7. The van der Waals surface area contributed by atoms with Gasteiger partial charge in [0.15, 0.2) is 0 Å². The fraction of sp³-hybridized carbons (Fsp3) is 0.650. The second-order valence-corrected chi connectivity index (χ2v) is 7.70. The Morgan fingerprint density at radius 2 is 2.16 bits per heavy atom. The summed E-state index contributed by atoms with van der Waals surface area (Å²) in [7, 11) is 1.86. The molecule has 1 aromatic rings. The first-order valence-electron chi connectivity index (χ1n) is 9.29. The molecule has 3 rings (SSSR count). The van der Waals surface area contributed by atoms with Crippen LogP contribution in [0.3, 0.4) is 0 Å². The fourth-order valence-electron chi connectivity index (χ4n) is 4.12. The van der Waals surface area contributed by atoms with Crippen molar-refractivity contribution >= 4 is 5.91 Å². The second kappa shape index (κ2) is 7.85. The standard InChI is InChI=1S/C20H30N2O3/c1-20(24)10-12-25-15-17(20)18-9-6-11-22(18)14-19(23)21(2)13-16-7-4-3-5-8-16/h3-5,7-8,17-18,24H,6,9-15H2,1-2H3/t17-,18-,20+/m1/s1. The van der Waals surface area contributed by atoms with Crippen LogP contribution in [0.15, 0.2) is 30.3 Å². The van der Waals surface area contributed by atoms with Crippen LogP contribution in [-0.2, 0) is 16.1 Å². The molecule has 2 aliphatic heterocycles. The summed E-state index contributed by atoms with van der Waals surface area (Å²) in [6.45, 7) is 5.09. The predicted octanol–water partition coefficient (Wildman–Crippen LogP) is 1.90. The molecule has 2 fully saturated rings. The van der Waals surface area contributed by atoms with Gasteiger partial charge in [0.1, 0.15) is 0 Å². The van der Waals surface area contributed by atoms with Crippen molar-refractivity contribution in [2.75, 3.05) is 33.4 Å². The zero-order chi connectivity index (χ0) is 17.9. The minimum atomic E-state index is -0.704. The molecule has 1 amide bonds. The van der Waals surface area contributed by atoms with Gasteiger partial charge < -0.3 is 14.7 Å². The van der Waals surface area contributed by atoms with E-state index in [2.05, 4.69) is 4.90 Å². The van der Waals surface area contributed by atoms with Crippen LogP contribution in [0.4, 0.5) is 0 Å². The number of hydrogen-bond donors (Lipinski definition) is 1. The van der Waals surface area contributed by atoms with E-state index < -0.39 is 5.60 Å². The van der Waals surface area contributed by atoms with Crippen molar-refractivity contribution in [3.05, 3.63) is 35.9 Å². The van der Waals surface area contributed by atoms with Crippen LogP contribution >= 0.6 is 0 Å². The molecule has 0 saturated carbocycles. The molecule has 5 nitrogen and oxygen atoms in total. The maximum Gasteiger partial charge on any atom is 0.236 e. The Labute approximate surface area is 150 Å². The number of ether oxygens (including phenoxy) is 1. The Kier molecular flexibility index (Phi) is 5.77. The molecular formula is C20H30N2O3. The summed E-state index contributed by atoms with van der Waals surface area (Å²) in [5.74, 6) is 0.211. The van der Waals surface area contributed by atoms with Gasteiger partial charge in [-0.1, -0.05) is 30.3 Å². The van der Waals surface area contributed by atoms with E-state index in [1.54, 1.807) is 4.90 Å². The fourth-order valence-corrected chi connectivity index (χ4v) is 4.12. The molecule has 1 aromatic carbocycles. The smallest absolute Gasteiger partial charge is 0.236 e. The third-order valence-electron chi connectivity index (χ3n) is 5.75. The number of hydrogen-bond acceptors (Lipinski definition) is 4. The molecule has 0 spiro atoms. The van der Waals surface area contributed by atoms with Gasteiger partial charge in [-0.2, -0.15) is 0 Å². The van der Waals surface area contributed by atoms with Gasteiger partial charge in [-0.05, 0) is 38.3 Å². The summed E-state index contributed by atoms with van der Waals surface area (Å²) in [5.41, 5.74) is 0.435. The van der Waals surface area contributed by atoms with Gasteiger partial charge in [0.2, 0.25) is 5.91 Å². The van der Waals surface area contributed by atoms with E-state index in [0.717, 1.165) is 24.9 Å². The van der Waals surface area contributed by atoms with E-state index in [-0.39, 0.29) is 17.9 Å². The number of likely N-dealkylation sites (N-methyl/N-ethyl adjacent to an activating group) is 1. The van der Waals surface area contributed by atoms with E-state index in [9.17, 15) is 9.90 Å². The molecule has 0 aromatic heterocycles. The third-order valence-corrected chi connectivity index (χ3v) is 5.75. The van der Waals surface area contributed by atoms with Crippen molar-refractivity contribution < 1.29 is 14.6 Å². The normalized spacial score (nSPS) is 30.4. The highest BCUT2D eigenvalue weighted by atomic mass is 16.5. The molecule has 2 saturated heterocycles. The lowest BCUT2D eigenvalue weighted by Crippen LogP contribution is -2.53. The molecule has 0 radical (unpaired) electrons. The van der Waals surface area contributed by atoms with Crippen molar-refractivity contribution in [3.8, 4) is 0 Å². The van der Waals surface area contributed by atoms with Crippen molar-refractivity contribution in [2.24, 2.45) is 5.92 Å². The lowest BCUT2D eigenvalue weighted by molar-refractivity contribution is -0.138. The minimum absolute atomic E-state index is 0.0796. The van der Waals surface area contributed by atoms with Crippen molar-refractivity contribution in [1.82, 2.24) is 9.80 Å². The maximum absolute atomic E-state index is 12.7. The summed E-state index contributed by atoms with van der Waals surface area (Å²) < 4.78 is 5.63. The summed E-state index contributed by atoms with van der Waals surface area (Å²) in [4.78, 5) is 16.7. The van der Waals surface area contributed by atoms with Gasteiger partial charge in [0, 0.05) is 32.2 Å². The van der Waals surface area contributed by atoms with Gasteiger partial charge in [-0.25, -0.2) is 0 Å². The average Bonchev–Trinajstić information content (AvgIpc) is 3.03. The van der Waals surface area contributed by atoms with Gasteiger partial charge in [0.25, 0.3) is 0 Å². The van der Waals surface area contributed by atoms with Crippen LogP contribution in [-0.4, -0.2) is 65.8 Å². The third kappa shape index (κ3) is 4.40. The lowest BCUT2D eigenvalue weighted by Gasteiger charge is -2.43. The van der Waals surface area contributed by atoms with Gasteiger partial charge in [-0.15, -0.1) is 0 Å². The number of aliphatic hydroxyl groups is 1. The number of carbonyl (C=O) groups is 1. The molecule has 0 unspecified atom stereocenters. The van der Waals surface area contributed by atoms with Crippen molar-refractivity contribution in [2.45, 2.75) is 44.4 Å². The second-order valence-electron chi connectivity index (χ2n) is 7.70.